The normalized spacial score (nSPS) is 26.7. The first-order valence-electron chi connectivity index (χ1n) is 15.9. The van der Waals surface area contributed by atoms with Crippen LogP contribution in [0.5, 0.6) is 0 Å². The molecular weight excluding hydrogens is 578 g/mol. The number of nitrogens with zero attached hydrogens (tertiary/aromatic N) is 3. The maximum atomic E-state index is 14.1. The van der Waals surface area contributed by atoms with E-state index < -0.39 is 65.8 Å². The van der Waals surface area contributed by atoms with E-state index in [0.29, 0.717) is 19.4 Å². The predicted molar refractivity (Wildman–Crippen MR) is 167 cm³/mol. The van der Waals surface area contributed by atoms with Crippen molar-refractivity contribution < 1.29 is 33.5 Å². The van der Waals surface area contributed by atoms with Gasteiger partial charge in [0.2, 0.25) is 23.6 Å². The standard InChI is InChI=1S/C33H49N5O7/c1-20(2)18-26-32(43)38-17-11-14-25(38)30(41)35-24(19-23-12-9-8-10-13-23)31(42)37(7)28(21(3)4)33(44)36(6)22(5)29(40)34-16-15-27(39)45-26/h8-10,12-13,20-22,24-26,28H,11,14-19H2,1-7H3,(H,34,40)(H,35,41)/t22-,24-,25-,26-,28-/m0/s1. The summed E-state index contributed by atoms with van der Waals surface area (Å²) in [5.41, 5.74) is 0.807. The van der Waals surface area contributed by atoms with Crippen LogP contribution in [0.3, 0.4) is 0 Å². The Kier molecular flexibility index (Phi) is 12.5. The number of ether oxygens (including phenoxy) is 1. The number of esters is 1. The molecule has 5 amide bonds. The van der Waals surface area contributed by atoms with Gasteiger partial charge in [-0.15, -0.1) is 0 Å². The molecule has 2 aliphatic heterocycles. The number of amides is 5. The van der Waals surface area contributed by atoms with Gasteiger partial charge in [-0.2, -0.15) is 0 Å². The second-order valence-electron chi connectivity index (χ2n) is 12.9. The quantitative estimate of drug-likeness (QED) is 0.471. The van der Waals surface area contributed by atoms with E-state index in [-0.39, 0.29) is 37.6 Å². The average Bonchev–Trinajstić information content (AvgIpc) is 3.48. The third kappa shape index (κ3) is 9.04. The molecule has 5 atom stereocenters. The number of hydrogen-bond donors (Lipinski definition) is 2. The lowest BCUT2D eigenvalue weighted by Gasteiger charge is -2.37. The van der Waals surface area contributed by atoms with Gasteiger partial charge in [-0.3, -0.25) is 28.8 Å². The number of hydrogen-bond acceptors (Lipinski definition) is 7. The fourth-order valence-electron chi connectivity index (χ4n) is 5.94. The third-order valence-corrected chi connectivity index (χ3v) is 8.56. The van der Waals surface area contributed by atoms with Crippen molar-refractivity contribution in [3.05, 3.63) is 35.9 Å². The first-order chi connectivity index (χ1) is 21.2. The topological polar surface area (TPSA) is 145 Å². The van der Waals surface area contributed by atoms with Crippen molar-refractivity contribution in [1.82, 2.24) is 25.3 Å². The van der Waals surface area contributed by atoms with Crippen LogP contribution in [0.2, 0.25) is 0 Å². The number of rotatable bonds is 5. The molecule has 1 aromatic rings. The molecule has 248 valence electrons. The highest BCUT2D eigenvalue weighted by Gasteiger charge is 2.42. The van der Waals surface area contributed by atoms with Crippen LogP contribution in [-0.4, -0.2) is 108 Å². The molecule has 2 fully saturated rings. The van der Waals surface area contributed by atoms with E-state index in [2.05, 4.69) is 10.6 Å². The zero-order valence-corrected chi connectivity index (χ0v) is 27.6. The van der Waals surface area contributed by atoms with Gasteiger partial charge in [-0.25, -0.2) is 0 Å². The van der Waals surface area contributed by atoms with E-state index in [9.17, 15) is 28.8 Å². The molecule has 12 nitrogen and oxygen atoms in total. The number of nitrogens with one attached hydrogen (secondary N) is 2. The molecule has 0 unspecified atom stereocenters. The van der Waals surface area contributed by atoms with Crippen molar-refractivity contribution in [3.8, 4) is 0 Å². The summed E-state index contributed by atoms with van der Waals surface area (Å²) in [6, 6.07) is 5.52. The van der Waals surface area contributed by atoms with Crippen LogP contribution in [0, 0.1) is 11.8 Å². The molecule has 2 aliphatic rings. The van der Waals surface area contributed by atoms with Crippen molar-refractivity contribution in [3.63, 3.8) is 0 Å². The number of benzene rings is 1. The van der Waals surface area contributed by atoms with E-state index in [1.807, 2.05) is 58.0 Å². The second kappa shape index (κ2) is 15.9. The molecule has 45 heavy (non-hydrogen) atoms. The Labute approximate surface area is 266 Å². The van der Waals surface area contributed by atoms with E-state index >= 15 is 0 Å². The van der Waals surface area contributed by atoms with Gasteiger partial charge in [-0.05, 0) is 43.6 Å². The summed E-state index contributed by atoms with van der Waals surface area (Å²) in [4.78, 5) is 85.3. The molecule has 2 N–H and O–H groups in total. The van der Waals surface area contributed by atoms with E-state index in [0.717, 1.165) is 5.56 Å². The van der Waals surface area contributed by atoms with Crippen molar-refractivity contribution in [1.29, 1.82) is 0 Å². The second-order valence-corrected chi connectivity index (χ2v) is 12.9. The summed E-state index contributed by atoms with van der Waals surface area (Å²) in [6.45, 7) is 9.27. The predicted octanol–water partition coefficient (Wildman–Crippen LogP) is 1.51. The van der Waals surface area contributed by atoms with Gasteiger partial charge >= 0.3 is 5.97 Å². The number of cyclic esters (lactones) is 1. The number of fused-ring (bicyclic) bond motifs is 1. The van der Waals surface area contributed by atoms with Gasteiger partial charge in [0.05, 0.1) is 6.42 Å². The minimum absolute atomic E-state index is 0.0224. The van der Waals surface area contributed by atoms with E-state index in [1.54, 1.807) is 6.92 Å². The lowest BCUT2D eigenvalue weighted by atomic mass is 9.98. The lowest BCUT2D eigenvalue weighted by Crippen LogP contribution is -2.60. The molecule has 0 saturated carbocycles. The Morgan fingerprint density at radius 1 is 0.889 bits per heavy atom. The number of carbonyl (C=O) groups excluding carboxylic acids is 6. The zero-order valence-electron chi connectivity index (χ0n) is 27.6. The van der Waals surface area contributed by atoms with Crippen molar-refractivity contribution in [2.75, 3.05) is 27.2 Å². The molecule has 0 aromatic heterocycles. The summed E-state index contributed by atoms with van der Waals surface area (Å²) >= 11 is 0. The molecule has 2 heterocycles. The summed E-state index contributed by atoms with van der Waals surface area (Å²) in [6.07, 6.45) is 0.133. The Balaban J connectivity index is 2.04. The Morgan fingerprint density at radius 2 is 1.56 bits per heavy atom. The largest absolute Gasteiger partial charge is 0.452 e. The van der Waals surface area contributed by atoms with Crippen LogP contribution in [0.25, 0.3) is 0 Å². The fourth-order valence-corrected chi connectivity index (χ4v) is 5.94. The summed E-state index contributed by atoms with van der Waals surface area (Å²) < 4.78 is 5.62. The van der Waals surface area contributed by atoms with Crippen LogP contribution in [-0.2, 0) is 39.9 Å². The third-order valence-electron chi connectivity index (χ3n) is 8.56. The van der Waals surface area contributed by atoms with E-state index in [4.69, 9.17) is 4.74 Å². The Hall–Kier alpha value is -3.96. The summed E-state index contributed by atoms with van der Waals surface area (Å²) in [7, 11) is 3.03. The van der Waals surface area contributed by atoms with Gasteiger partial charge in [0.1, 0.15) is 24.2 Å². The highest BCUT2D eigenvalue weighted by atomic mass is 16.5. The summed E-state index contributed by atoms with van der Waals surface area (Å²) in [5, 5.41) is 5.57. The smallest absolute Gasteiger partial charge is 0.308 e. The number of likely N-dealkylation sites (N-methyl/N-ethyl adjacent to an activating group) is 2. The van der Waals surface area contributed by atoms with Gasteiger partial charge in [0.15, 0.2) is 6.10 Å². The molecule has 12 heteroatoms. The minimum Gasteiger partial charge on any atom is -0.452 e. The molecule has 3 rings (SSSR count). The van der Waals surface area contributed by atoms with Crippen LogP contribution >= 0.6 is 0 Å². The maximum absolute atomic E-state index is 14.1. The van der Waals surface area contributed by atoms with Crippen molar-refractivity contribution in [2.45, 2.75) is 97.0 Å². The molecule has 0 aliphatic carbocycles. The molecule has 0 spiro atoms. The molecular formula is C33H49N5O7. The van der Waals surface area contributed by atoms with Gasteiger partial charge in [0, 0.05) is 33.6 Å². The Bertz CT molecular complexity index is 1240. The highest BCUT2D eigenvalue weighted by Crippen LogP contribution is 2.23. The minimum atomic E-state index is -1.09. The Morgan fingerprint density at radius 3 is 2.18 bits per heavy atom. The molecule has 2 saturated heterocycles. The van der Waals surface area contributed by atoms with Crippen molar-refractivity contribution >= 4 is 35.5 Å². The van der Waals surface area contributed by atoms with Crippen LogP contribution in [0.15, 0.2) is 30.3 Å². The van der Waals surface area contributed by atoms with Gasteiger partial charge in [-0.1, -0.05) is 58.0 Å². The van der Waals surface area contributed by atoms with E-state index in [1.165, 1.54) is 28.8 Å². The number of carbonyl (C=O) groups is 6. The molecule has 0 bridgehead atoms. The lowest BCUT2D eigenvalue weighted by molar-refractivity contribution is -0.162. The van der Waals surface area contributed by atoms with Crippen molar-refractivity contribution in [2.24, 2.45) is 11.8 Å². The molecule has 0 radical (unpaired) electrons. The SMILES string of the molecule is CC(C)C[C@@H]1OC(=O)CCNC(=O)[C@H](C)N(C)C(=O)[C@H](C(C)C)N(C)C(=O)[C@H](Cc2ccccc2)NC(=O)[C@@H]2CCCN2C1=O. The monoisotopic (exact) mass is 627 g/mol. The van der Waals surface area contributed by atoms with Crippen LogP contribution in [0.1, 0.15) is 65.9 Å². The van der Waals surface area contributed by atoms with Crippen LogP contribution < -0.4 is 10.6 Å². The highest BCUT2D eigenvalue weighted by molar-refractivity contribution is 5.96. The van der Waals surface area contributed by atoms with Gasteiger partial charge < -0.3 is 30.1 Å². The zero-order chi connectivity index (χ0) is 33.4. The fraction of sp³-hybridized carbons (Fsp3) is 0.636. The average molecular weight is 628 g/mol. The first-order valence-corrected chi connectivity index (χ1v) is 15.9. The first kappa shape index (κ1) is 35.5. The van der Waals surface area contributed by atoms with Gasteiger partial charge in [0.25, 0.3) is 5.91 Å². The molecule has 1 aromatic carbocycles. The maximum Gasteiger partial charge on any atom is 0.308 e. The summed E-state index contributed by atoms with van der Waals surface area (Å²) in [5.74, 6) is -3.27. The van der Waals surface area contributed by atoms with Crippen LogP contribution in [0.4, 0.5) is 0 Å².